The molecule has 2 aromatic rings. The molecule has 0 saturated carbocycles. The Kier molecular flexibility index (Phi) is 3.40. The van der Waals surface area contributed by atoms with Gasteiger partial charge in [-0.2, -0.15) is 0 Å². The highest BCUT2D eigenvalue weighted by molar-refractivity contribution is 5.96. The molecule has 0 radical (unpaired) electrons. The first-order valence-electron chi connectivity index (χ1n) is 9.06. The van der Waals surface area contributed by atoms with Gasteiger partial charge in [0.15, 0.2) is 5.60 Å². The maximum atomic E-state index is 12.7. The molecule has 1 atom stereocenters. The fourth-order valence-electron chi connectivity index (χ4n) is 4.19. The average molecular weight is 375 g/mol. The Hall–Kier alpha value is -3.54. The van der Waals surface area contributed by atoms with E-state index in [1.54, 1.807) is 24.3 Å². The number of hydrogen-bond donors (Lipinski definition) is 2. The average Bonchev–Trinajstić information content (AvgIpc) is 2.95. The quantitative estimate of drug-likeness (QED) is 0.739. The van der Waals surface area contributed by atoms with E-state index in [2.05, 4.69) is 5.32 Å². The lowest BCUT2D eigenvalue weighted by Crippen LogP contribution is -2.34. The zero-order valence-electron chi connectivity index (χ0n) is 15.1. The molecule has 140 valence electrons. The number of phenolic OH excluding ortho intramolecular Hbond substituents is 1. The number of amides is 1. The van der Waals surface area contributed by atoms with Crippen molar-refractivity contribution in [2.75, 3.05) is 5.32 Å². The molecule has 28 heavy (non-hydrogen) atoms. The van der Waals surface area contributed by atoms with Gasteiger partial charge in [0.05, 0.1) is 0 Å². The number of aromatic hydroxyl groups is 1. The summed E-state index contributed by atoms with van der Waals surface area (Å²) in [5.41, 5.74) is 2.25. The smallest absolute Gasteiger partial charge is 0.336 e. The number of anilines is 1. The second-order valence-corrected chi connectivity index (χ2v) is 7.08. The van der Waals surface area contributed by atoms with Crippen molar-refractivity contribution in [3.8, 4) is 17.2 Å². The first kappa shape index (κ1) is 16.6. The predicted octanol–water partition coefficient (Wildman–Crippen LogP) is 3.90. The van der Waals surface area contributed by atoms with Gasteiger partial charge in [0.2, 0.25) is 5.91 Å². The molecule has 1 aliphatic carbocycles. The standard InChI is InChI=1S/C22H17NO5/c1-12(24)23-13-6-8-17-19(10-13)27-20-11-14(25)7-9-18(20)22(17)16-5-3-2-4-15(16)21(26)28-22/h3,5-11,25H,2,4H2,1H3,(H,23,24). The van der Waals surface area contributed by atoms with E-state index in [0.29, 0.717) is 40.3 Å². The van der Waals surface area contributed by atoms with Crippen LogP contribution < -0.4 is 10.1 Å². The van der Waals surface area contributed by atoms with Gasteiger partial charge in [-0.3, -0.25) is 4.79 Å². The van der Waals surface area contributed by atoms with Gasteiger partial charge in [-0.15, -0.1) is 0 Å². The molecular weight excluding hydrogens is 358 g/mol. The molecule has 2 heterocycles. The Morgan fingerprint density at radius 1 is 1.14 bits per heavy atom. The molecule has 2 N–H and O–H groups in total. The summed E-state index contributed by atoms with van der Waals surface area (Å²) in [7, 11) is 0. The Morgan fingerprint density at radius 2 is 1.89 bits per heavy atom. The van der Waals surface area contributed by atoms with Crippen molar-refractivity contribution in [1.29, 1.82) is 0 Å². The lowest BCUT2D eigenvalue weighted by Gasteiger charge is -2.37. The van der Waals surface area contributed by atoms with Gasteiger partial charge in [0.25, 0.3) is 0 Å². The van der Waals surface area contributed by atoms with Crippen LogP contribution in [0.2, 0.25) is 0 Å². The molecule has 6 heteroatoms. The van der Waals surface area contributed by atoms with Crippen LogP contribution in [0.4, 0.5) is 5.69 Å². The summed E-state index contributed by atoms with van der Waals surface area (Å²) in [6, 6.07) is 10.0. The molecule has 5 rings (SSSR count). The third-order valence-corrected chi connectivity index (χ3v) is 5.29. The summed E-state index contributed by atoms with van der Waals surface area (Å²) < 4.78 is 12.1. The van der Waals surface area contributed by atoms with Crippen LogP contribution in [0.15, 0.2) is 59.7 Å². The number of ether oxygens (including phenoxy) is 2. The molecule has 0 saturated heterocycles. The minimum absolute atomic E-state index is 0.0491. The van der Waals surface area contributed by atoms with Crippen molar-refractivity contribution < 1.29 is 24.2 Å². The van der Waals surface area contributed by atoms with E-state index in [0.717, 1.165) is 12.0 Å². The van der Waals surface area contributed by atoms with E-state index >= 15 is 0 Å². The number of phenols is 1. The van der Waals surface area contributed by atoms with E-state index in [9.17, 15) is 14.7 Å². The number of benzene rings is 2. The molecule has 0 aromatic heterocycles. The summed E-state index contributed by atoms with van der Waals surface area (Å²) in [4.78, 5) is 24.2. The van der Waals surface area contributed by atoms with Crippen LogP contribution in [0.3, 0.4) is 0 Å². The zero-order chi connectivity index (χ0) is 19.5. The molecule has 3 aliphatic rings. The summed E-state index contributed by atoms with van der Waals surface area (Å²) in [6.07, 6.45) is 5.39. The number of hydrogen-bond acceptors (Lipinski definition) is 5. The number of nitrogens with one attached hydrogen (secondary N) is 1. The normalized spacial score (nSPS) is 21.5. The highest BCUT2D eigenvalue weighted by atomic mass is 16.6. The largest absolute Gasteiger partial charge is 0.508 e. The number of allylic oxidation sites excluding steroid dienone is 1. The molecule has 0 fully saturated rings. The van der Waals surface area contributed by atoms with Gasteiger partial charge in [-0.25, -0.2) is 4.79 Å². The minimum atomic E-state index is -1.13. The maximum absolute atomic E-state index is 12.7. The second-order valence-electron chi connectivity index (χ2n) is 7.08. The molecule has 1 amide bonds. The van der Waals surface area contributed by atoms with E-state index in [1.165, 1.54) is 13.0 Å². The SMILES string of the molecule is CC(=O)Nc1ccc2c(c1)Oc1cc(O)ccc1C21OC(=O)C2=C1C=CCC2. The summed E-state index contributed by atoms with van der Waals surface area (Å²) >= 11 is 0. The topological polar surface area (TPSA) is 84.9 Å². The predicted molar refractivity (Wildman–Crippen MR) is 101 cm³/mol. The van der Waals surface area contributed by atoms with Crippen LogP contribution in [-0.2, 0) is 19.9 Å². The lowest BCUT2D eigenvalue weighted by molar-refractivity contribution is -0.145. The molecule has 6 nitrogen and oxygen atoms in total. The molecular formula is C22H17NO5. The Labute approximate surface area is 161 Å². The molecule has 0 bridgehead atoms. The van der Waals surface area contributed by atoms with Crippen LogP contribution in [0.25, 0.3) is 0 Å². The van der Waals surface area contributed by atoms with Crippen LogP contribution in [0.5, 0.6) is 17.2 Å². The summed E-state index contributed by atoms with van der Waals surface area (Å²) in [6.45, 7) is 1.43. The lowest BCUT2D eigenvalue weighted by atomic mass is 9.75. The Balaban J connectivity index is 1.79. The van der Waals surface area contributed by atoms with Crippen LogP contribution >= 0.6 is 0 Å². The van der Waals surface area contributed by atoms with Crippen LogP contribution in [0.1, 0.15) is 30.9 Å². The van der Waals surface area contributed by atoms with Gasteiger partial charge >= 0.3 is 5.97 Å². The van der Waals surface area contributed by atoms with Crippen molar-refractivity contribution in [1.82, 2.24) is 0 Å². The number of fused-ring (bicyclic) bond motifs is 5. The van der Waals surface area contributed by atoms with E-state index in [-0.39, 0.29) is 17.6 Å². The Morgan fingerprint density at radius 3 is 2.68 bits per heavy atom. The molecule has 1 spiro atoms. The number of rotatable bonds is 1. The van der Waals surface area contributed by atoms with Crippen molar-refractivity contribution >= 4 is 17.6 Å². The highest BCUT2D eigenvalue weighted by Gasteiger charge is 2.54. The van der Waals surface area contributed by atoms with Gasteiger partial charge < -0.3 is 19.9 Å². The molecule has 2 aromatic carbocycles. The first-order chi connectivity index (χ1) is 13.5. The number of esters is 1. The number of carbonyl (C=O) groups is 2. The van der Waals surface area contributed by atoms with Crippen molar-refractivity contribution in [2.45, 2.75) is 25.4 Å². The molecule has 1 unspecified atom stereocenters. The fourth-order valence-corrected chi connectivity index (χ4v) is 4.19. The molecule has 2 aliphatic heterocycles. The van der Waals surface area contributed by atoms with E-state index < -0.39 is 5.60 Å². The summed E-state index contributed by atoms with van der Waals surface area (Å²) in [5.74, 6) is 0.388. The van der Waals surface area contributed by atoms with Gasteiger partial charge in [0.1, 0.15) is 17.2 Å². The van der Waals surface area contributed by atoms with Crippen LogP contribution in [0, 0.1) is 0 Å². The zero-order valence-corrected chi connectivity index (χ0v) is 15.1. The fraction of sp³-hybridized carbons (Fsp3) is 0.182. The third kappa shape index (κ3) is 2.21. The van der Waals surface area contributed by atoms with E-state index in [1.807, 2.05) is 18.2 Å². The van der Waals surface area contributed by atoms with Crippen molar-refractivity contribution in [2.24, 2.45) is 0 Å². The second kappa shape index (κ2) is 5.73. The van der Waals surface area contributed by atoms with Gasteiger partial charge in [0, 0.05) is 47.0 Å². The highest BCUT2D eigenvalue weighted by Crippen LogP contribution is 2.58. The van der Waals surface area contributed by atoms with Gasteiger partial charge in [-0.05, 0) is 37.1 Å². The first-order valence-corrected chi connectivity index (χ1v) is 9.06. The monoisotopic (exact) mass is 375 g/mol. The summed E-state index contributed by atoms with van der Waals surface area (Å²) in [5, 5.41) is 12.7. The van der Waals surface area contributed by atoms with Crippen molar-refractivity contribution in [3.05, 3.63) is 70.8 Å². The maximum Gasteiger partial charge on any atom is 0.336 e. The van der Waals surface area contributed by atoms with E-state index in [4.69, 9.17) is 9.47 Å². The van der Waals surface area contributed by atoms with Crippen LogP contribution in [-0.4, -0.2) is 17.0 Å². The number of carbonyl (C=O) groups excluding carboxylic acids is 2. The van der Waals surface area contributed by atoms with Crippen molar-refractivity contribution in [3.63, 3.8) is 0 Å². The minimum Gasteiger partial charge on any atom is -0.508 e. The van der Waals surface area contributed by atoms with Gasteiger partial charge in [-0.1, -0.05) is 12.2 Å². The third-order valence-electron chi connectivity index (χ3n) is 5.29. The Bertz CT molecular complexity index is 1110.